The average molecular weight is 141 g/mol. The lowest BCUT2D eigenvalue weighted by molar-refractivity contribution is 0.166. The normalized spacial score (nSPS) is 22.6. The highest BCUT2D eigenvalue weighted by Gasteiger charge is 2.37. The Morgan fingerprint density at radius 1 is 1.80 bits per heavy atom. The van der Waals surface area contributed by atoms with Crippen LogP contribution >= 0.6 is 0 Å². The summed E-state index contributed by atoms with van der Waals surface area (Å²) in [6.07, 6.45) is 1.19. The second kappa shape index (κ2) is 2.01. The Balaban J connectivity index is 2.82. The van der Waals surface area contributed by atoms with Crippen LogP contribution in [0.5, 0.6) is 0 Å². The Hall–Kier alpha value is -0.990. The SMILES string of the molecule is C=CN1C(=O)OCC1(C)C. The van der Waals surface area contributed by atoms with Crippen LogP contribution in [0.15, 0.2) is 12.8 Å². The molecule has 0 aliphatic carbocycles. The van der Waals surface area contributed by atoms with Crippen molar-refractivity contribution in [2.75, 3.05) is 6.61 Å². The molecule has 0 N–H and O–H groups in total. The van der Waals surface area contributed by atoms with Crippen molar-refractivity contribution in [3.8, 4) is 0 Å². The van der Waals surface area contributed by atoms with Gasteiger partial charge in [-0.2, -0.15) is 0 Å². The first-order valence-corrected chi connectivity index (χ1v) is 3.16. The van der Waals surface area contributed by atoms with Gasteiger partial charge in [0.25, 0.3) is 0 Å². The first-order valence-electron chi connectivity index (χ1n) is 3.16. The second-order valence-electron chi connectivity index (χ2n) is 2.92. The number of carbonyl (C=O) groups is 1. The van der Waals surface area contributed by atoms with E-state index in [-0.39, 0.29) is 11.6 Å². The average Bonchev–Trinajstić information content (AvgIpc) is 2.07. The van der Waals surface area contributed by atoms with Crippen molar-refractivity contribution < 1.29 is 9.53 Å². The summed E-state index contributed by atoms with van der Waals surface area (Å²) in [6.45, 7) is 7.82. The zero-order chi connectivity index (χ0) is 7.78. The van der Waals surface area contributed by atoms with Crippen molar-refractivity contribution in [2.24, 2.45) is 0 Å². The van der Waals surface area contributed by atoms with Crippen molar-refractivity contribution in [3.05, 3.63) is 12.8 Å². The molecule has 1 aliphatic heterocycles. The van der Waals surface area contributed by atoms with Crippen molar-refractivity contribution in [1.82, 2.24) is 4.90 Å². The lowest BCUT2D eigenvalue weighted by Gasteiger charge is -2.23. The van der Waals surface area contributed by atoms with Crippen molar-refractivity contribution in [1.29, 1.82) is 0 Å². The van der Waals surface area contributed by atoms with E-state index >= 15 is 0 Å². The molecule has 0 saturated carbocycles. The highest BCUT2D eigenvalue weighted by molar-refractivity contribution is 5.72. The van der Waals surface area contributed by atoms with E-state index in [4.69, 9.17) is 4.74 Å². The minimum absolute atomic E-state index is 0.223. The van der Waals surface area contributed by atoms with Gasteiger partial charge in [-0.1, -0.05) is 6.58 Å². The van der Waals surface area contributed by atoms with Gasteiger partial charge in [0.1, 0.15) is 6.61 Å². The predicted octanol–water partition coefficient (Wildman–Crippen LogP) is 1.36. The van der Waals surface area contributed by atoms with E-state index in [1.54, 1.807) is 0 Å². The van der Waals surface area contributed by atoms with Crippen LogP contribution in [-0.4, -0.2) is 23.1 Å². The summed E-state index contributed by atoms with van der Waals surface area (Å²) < 4.78 is 4.79. The summed E-state index contributed by atoms with van der Waals surface area (Å²) in [5, 5.41) is 0. The van der Waals surface area contributed by atoms with Crippen molar-refractivity contribution >= 4 is 6.09 Å². The maximum Gasteiger partial charge on any atom is 0.414 e. The molecule has 0 spiro atoms. The fourth-order valence-electron chi connectivity index (χ4n) is 0.946. The summed E-state index contributed by atoms with van der Waals surface area (Å²) >= 11 is 0. The molecule has 1 rings (SSSR count). The molecule has 1 aliphatic rings. The van der Waals surface area contributed by atoms with Crippen LogP contribution in [-0.2, 0) is 4.74 Å². The second-order valence-corrected chi connectivity index (χ2v) is 2.92. The van der Waals surface area contributed by atoms with E-state index in [9.17, 15) is 4.79 Å². The monoisotopic (exact) mass is 141 g/mol. The van der Waals surface area contributed by atoms with Gasteiger partial charge in [-0.15, -0.1) is 0 Å². The summed E-state index contributed by atoms with van der Waals surface area (Å²) in [5.74, 6) is 0. The van der Waals surface area contributed by atoms with Crippen LogP contribution in [0.1, 0.15) is 13.8 Å². The molecule has 56 valence electrons. The quantitative estimate of drug-likeness (QED) is 0.551. The van der Waals surface area contributed by atoms with Crippen molar-refractivity contribution in [3.63, 3.8) is 0 Å². The van der Waals surface area contributed by atoms with Crippen LogP contribution in [0.2, 0.25) is 0 Å². The number of nitrogens with zero attached hydrogens (tertiary/aromatic N) is 1. The molecular formula is C7H11NO2. The van der Waals surface area contributed by atoms with Crippen LogP contribution in [0, 0.1) is 0 Å². The minimum Gasteiger partial charge on any atom is -0.447 e. The number of ether oxygens (including phenoxy) is 1. The number of carbonyl (C=O) groups excluding carboxylic acids is 1. The Labute approximate surface area is 60.3 Å². The Morgan fingerprint density at radius 3 is 2.60 bits per heavy atom. The third-order valence-electron chi connectivity index (χ3n) is 1.58. The van der Waals surface area contributed by atoms with E-state index in [0.717, 1.165) is 0 Å². The maximum absolute atomic E-state index is 10.9. The van der Waals surface area contributed by atoms with E-state index in [1.807, 2.05) is 13.8 Å². The zero-order valence-electron chi connectivity index (χ0n) is 6.26. The lowest BCUT2D eigenvalue weighted by atomic mass is 10.1. The van der Waals surface area contributed by atoms with Gasteiger partial charge in [-0.25, -0.2) is 4.79 Å². The fraction of sp³-hybridized carbons (Fsp3) is 0.571. The Morgan fingerprint density at radius 2 is 2.40 bits per heavy atom. The molecule has 10 heavy (non-hydrogen) atoms. The van der Waals surface area contributed by atoms with E-state index in [0.29, 0.717) is 6.61 Å². The van der Waals surface area contributed by atoms with Gasteiger partial charge < -0.3 is 4.74 Å². The largest absolute Gasteiger partial charge is 0.447 e. The minimum atomic E-state index is -0.306. The van der Waals surface area contributed by atoms with Gasteiger partial charge in [0, 0.05) is 6.20 Å². The Bertz CT molecular complexity index is 174. The van der Waals surface area contributed by atoms with Gasteiger partial charge in [-0.3, -0.25) is 4.90 Å². The third kappa shape index (κ3) is 0.875. The van der Waals surface area contributed by atoms with Crippen LogP contribution in [0.4, 0.5) is 4.79 Å². The summed E-state index contributed by atoms with van der Waals surface area (Å²) in [5.41, 5.74) is -0.223. The third-order valence-corrected chi connectivity index (χ3v) is 1.58. The van der Waals surface area contributed by atoms with E-state index in [1.165, 1.54) is 11.1 Å². The summed E-state index contributed by atoms with van der Waals surface area (Å²) in [6, 6.07) is 0. The number of amides is 1. The number of rotatable bonds is 1. The molecule has 0 aromatic heterocycles. The number of hydrogen-bond donors (Lipinski definition) is 0. The topological polar surface area (TPSA) is 29.5 Å². The first-order chi connectivity index (χ1) is 4.58. The molecule has 0 aromatic rings. The predicted molar refractivity (Wildman–Crippen MR) is 37.5 cm³/mol. The van der Waals surface area contributed by atoms with Gasteiger partial charge in [0.05, 0.1) is 5.54 Å². The highest BCUT2D eigenvalue weighted by atomic mass is 16.6. The molecule has 1 amide bonds. The molecule has 3 heteroatoms. The summed E-state index contributed by atoms with van der Waals surface area (Å²) in [7, 11) is 0. The first kappa shape index (κ1) is 7.12. The van der Waals surface area contributed by atoms with Gasteiger partial charge in [-0.05, 0) is 13.8 Å². The molecule has 1 heterocycles. The zero-order valence-corrected chi connectivity index (χ0v) is 6.26. The molecule has 0 atom stereocenters. The maximum atomic E-state index is 10.9. The van der Waals surface area contributed by atoms with E-state index < -0.39 is 0 Å². The van der Waals surface area contributed by atoms with Crippen LogP contribution in [0.3, 0.4) is 0 Å². The van der Waals surface area contributed by atoms with Crippen LogP contribution in [0.25, 0.3) is 0 Å². The standard InChI is InChI=1S/C7H11NO2/c1-4-8-6(9)10-5-7(8,2)3/h4H,1,5H2,2-3H3. The fourth-order valence-corrected chi connectivity index (χ4v) is 0.946. The number of cyclic esters (lactones) is 1. The molecule has 0 radical (unpaired) electrons. The van der Waals surface area contributed by atoms with Crippen LogP contribution < -0.4 is 0 Å². The van der Waals surface area contributed by atoms with E-state index in [2.05, 4.69) is 6.58 Å². The molecule has 3 nitrogen and oxygen atoms in total. The highest BCUT2D eigenvalue weighted by Crippen LogP contribution is 2.22. The molecule has 0 aromatic carbocycles. The molecular weight excluding hydrogens is 130 g/mol. The molecule has 0 unspecified atom stereocenters. The van der Waals surface area contributed by atoms with Gasteiger partial charge in [0.15, 0.2) is 0 Å². The summed E-state index contributed by atoms with van der Waals surface area (Å²) in [4.78, 5) is 12.3. The Kier molecular flexibility index (Phi) is 1.43. The van der Waals surface area contributed by atoms with Crippen molar-refractivity contribution in [2.45, 2.75) is 19.4 Å². The molecule has 1 fully saturated rings. The van der Waals surface area contributed by atoms with Gasteiger partial charge in [0.2, 0.25) is 0 Å². The van der Waals surface area contributed by atoms with Gasteiger partial charge >= 0.3 is 6.09 Å². The lowest BCUT2D eigenvalue weighted by Crippen LogP contribution is -2.37. The molecule has 1 saturated heterocycles. The smallest absolute Gasteiger partial charge is 0.414 e. The molecule has 0 bridgehead atoms. The number of hydrogen-bond acceptors (Lipinski definition) is 2.